The van der Waals surface area contributed by atoms with Crippen molar-refractivity contribution >= 4 is 21.7 Å². The second-order valence-electron chi connectivity index (χ2n) is 5.09. The van der Waals surface area contributed by atoms with E-state index in [1.165, 1.54) is 10.6 Å². The van der Waals surface area contributed by atoms with Gasteiger partial charge in [0.2, 0.25) is 10.0 Å². The summed E-state index contributed by atoms with van der Waals surface area (Å²) in [6.45, 7) is 3.32. The molecule has 0 bridgehead atoms. The van der Waals surface area contributed by atoms with Crippen LogP contribution < -0.4 is 5.32 Å². The smallest absolute Gasteiger partial charge is 0.254 e. The Balaban J connectivity index is 2.10. The Morgan fingerprint density at radius 1 is 1.24 bits per heavy atom. The second kappa shape index (κ2) is 5.98. The zero-order valence-electron chi connectivity index (χ0n) is 12.5. The Hall–Kier alpha value is -1.67. The van der Waals surface area contributed by atoms with Gasteiger partial charge in [0.15, 0.2) is 0 Å². The van der Waals surface area contributed by atoms with Gasteiger partial charge in [-0.05, 0) is 19.1 Å². The van der Waals surface area contributed by atoms with Crippen molar-refractivity contribution in [3.63, 3.8) is 0 Å². The number of nitrogens with one attached hydrogen (secondary N) is 1. The summed E-state index contributed by atoms with van der Waals surface area (Å²) in [5, 5.41) is 2.92. The molecule has 2 heterocycles. The van der Waals surface area contributed by atoms with E-state index in [-0.39, 0.29) is 5.91 Å². The minimum Gasteiger partial charge on any atom is -0.373 e. The highest BCUT2D eigenvalue weighted by Crippen LogP contribution is 2.14. The lowest BCUT2D eigenvalue weighted by Crippen LogP contribution is -2.50. The molecular formula is C13H20N4O3S. The molecule has 0 unspecified atom stereocenters. The first kappa shape index (κ1) is 15.7. The van der Waals surface area contributed by atoms with Gasteiger partial charge >= 0.3 is 0 Å². The van der Waals surface area contributed by atoms with Crippen LogP contribution in [-0.2, 0) is 10.0 Å². The van der Waals surface area contributed by atoms with Crippen molar-refractivity contribution < 1.29 is 13.2 Å². The molecule has 1 N–H and O–H groups in total. The quantitative estimate of drug-likeness (QED) is 0.859. The summed E-state index contributed by atoms with van der Waals surface area (Å²) in [5.41, 5.74) is 1.33. The zero-order valence-corrected chi connectivity index (χ0v) is 13.3. The lowest BCUT2D eigenvalue weighted by molar-refractivity contribution is 0.0698. The third-order valence-electron chi connectivity index (χ3n) is 3.45. The SMILES string of the molecule is CNc1cc(C(=O)N2CCN(S(C)(=O)=O)CC2)cc(C)n1. The molecule has 116 valence electrons. The molecule has 1 saturated heterocycles. The maximum Gasteiger partial charge on any atom is 0.254 e. The largest absolute Gasteiger partial charge is 0.373 e. The number of amides is 1. The summed E-state index contributed by atoms with van der Waals surface area (Å²) in [5.74, 6) is 0.554. The maximum absolute atomic E-state index is 12.5. The molecule has 0 aliphatic carbocycles. The standard InChI is InChI=1S/C13H20N4O3S/c1-10-8-11(9-12(14-2)15-10)13(18)16-4-6-17(7-5-16)21(3,19)20/h8-9H,4-7H2,1-3H3,(H,14,15). The molecule has 0 spiro atoms. The predicted octanol–water partition coefficient (Wildman–Crippen LogP) is 0.149. The first-order valence-electron chi connectivity index (χ1n) is 6.72. The molecule has 1 aromatic rings. The van der Waals surface area contributed by atoms with Crippen molar-refractivity contribution in [2.24, 2.45) is 0 Å². The van der Waals surface area contributed by atoms with Crippen molar-refractivity contribution in [2.45, 2.75) is 6.92 Å². The lowest BCUT2D eigenvalue weighted by Gasteiger charge is -2.33. The third-order valence-corrected chi connectivity index (χ3v) is 4.75. The fraction of sp³-hybridized carbons (Fsp3) is 0.538. The molecule has 1 amide bonds. The Morgan fingerprint density at radius 3 is 2.38 bits per heavy atom. The predicted molar refractivity (Wildman–Crippen MR) is 80.8 cm³/mol. The number of carbonyl (C=O) groups excluding carboxylic acids is 1. The van der Waals surface area contributed by atoms with Crippen LogP contribution in [0.25, 0.3) is 0 Å². The zero-order chi connectivity index (χ0) is 15.6. The van der Waals surface area contributed by atoms with Crippen molar-refractivity contribution in [1.29, 1.82) is 0 Å². The monoisotopic (exact) mass is 312 g/mol. The van der Waals surface area contributed by atoms with E-state index in [0.29, 0.717) is 37.6 Å². The number of nitrogens with zero attached hydrogens (tertiary/aromatic N) is 3. The van der Waals surface area contributed by atoms with Crippen LogP contribution in [0.3, 0.4) is 0 Å². The Labute approximate surface area is 125 Å². The fourth-order valence-corrected chi connectivity index (χ4v) is 3.15. The van der Waals surface area contributed by atoms with Gasteiger partial charge in [0.05, 0.1) is 6.26 Å². The minimum atomic E-state index is -3.18. The number of hydrogen-bond donors (Lipinski definition) is 1. The van der Waals surface area contributed by atoms with Gasteiger partial charge in [-0.1, -0.05) is 0 Å². The molecule has 1 aromatic heterocycles. The van der Waals surface area contributed by atoms with Gasteiger partial charge < -0.3 is 10.2 Å². The first-order valence-corrected chi connectivity index (χ1v) is 8.57. The van der Waals surface area contributed by atoms with Gasteiger partial charge in [-0.15, -0.1) is 0 Å². The van der Waals surface area contributed by atoms with Crippen molar-refractivity contribution in [3.05, 3.63) is 23.4 Å². The summed E-state index contributed by atoms with van der Waals surface area (Å²) in [7, 11) is -1.43. The number of piperazine rings is 1. The van der Waals surface area contributed by atoms with Crippen LogP contribution in [0.15, 0.2) is 12.1 Å². The summed E-state index contributed by atoms with van der Waals surface area (Å²) in [6, 6.07) is 3.45. The first-order chi connectivity index (χ1) is 9.81. The highest BCUT2D eigenvalue weighted by atomic mass is 32.2. The molecule has 0 saturated carbocycles. The van der Waals surface area contributed by atoms with Crippen LogP contribution in [0.5, 0.6) is 0 Å². The highest BCUT2D eigenvalue weighted by molar-refractivity contribution is 7.88. The summed E-state index contributed by atoms with van der Waals surface area (Å²) >= 11 is 0. The fourth-order valence-electron chi connectivity index (χ4n) is 2.33. The third kappa shape index (κ3) is 3.70. The van der Waals surface area contributed by atoms with E-state index in [9.17, 15) is 13.2 Å². The number of pyridine rings is 1. The molecule has 1 aliphatic heterocycles. The molecular weight excluding hydrogens is 292 g/mol. The average Bonchev–Trinajstić information content (AvgIpc) is 2.45. The summed E-state index contributed by atoms with van der Waals surface area (Å²) in [4.78, 5) is 18.4. The highest BCUT2D eigenvalue weighted by Gasteiger charge is 2.26. The Kier molecular flexibility index (Phi) is 4.48. The number of aromatic nitrogens is 1. The number of carbonyl (C=O) groups is 1. The Morgan fingerprint density at radius 2 is 1.86 bits per heavy atom. The van der Waals surface area contributed by atoms with E-state index in [2.05, 4.69) is 10.3 Å². The van der Waals surface area contributed by atoms with Crippen LogP contribution in [0.1, 0.15) is 16.1 Å². The summed E-state index contributed by atoms with van der Waals surface area (Å²) in [6.07, 6.45) is 1.19. The molecule has 8 heteroatoms. The molecule has 1 fully saturated rings. The summed E-state index contributed by atoms with van der Waals surface area (Å²) < 4.78 is 24.3. The van der Waals surface area contributed by atoms with Gasteiger partial charge in [0.25, 0.3) is 5.91 Å². The van der Waals surface area contributed by atoms with E-state index in [1.807, 2.05) is 6.92 Å². The van der Waals surface area contributed by atoms with Crippen molar-refractivity contribution in [1.82, 2.24) is 14.2 Å². The van der Waals surface area contributed by atoms with Crippen LogP contribution >= 0.6 is 0 Å². The van der Waals surface area contributed by atoms with Crippen LogP contribution in [0.4, 0.5) is 5.82 Å². The van der Waals surface area contributed by atoms with E-state index >= 15 is 0 Å². The second-order valence-corrected chi connectivity index (χ2v) is 7.07. The van der Waals surface area contributed by atoms with Crippen LogP contribution in [-0.4, -0.2) is 68.0 Å². The van der Waals surface area contributed by atoms with Gasteiger partial charge in [0, 0.05) is 44.5 Å². The van der Waals surface area contributed by atoms with E-state index in [1.54, 1.807) is 24.1 Å². The number of aryl methyl sites for hydroxylation is 1. The van der Waals surface area contributed by atoms with Gasteiger partial charge in [-0.25, -0.2) is 13.4 Å². The number of hydrogen-bond acceptors (Lipinski definition) is 5. The lowest BCUT2D eigenvalue weighted by atomic mass is 10.2. The normalized spacial score (nSPS) is 16.8. The molecule has 0 atom stereocenters. The minimum absolute atomic E-state index is 0.0925. The van der Waals surface area contributed by atoms with E-state index in [4.69, 9.17) is 0 Å². The maximum atomic E-state index is 12.5. The molecule has 0 aromatic carbocycles. The molecule has 21 heavy (non-hydrogen) atoms. The topological polar surface area (TPSA) is 82.6 Å². The van der Waals surface area contributed by atoms with Gasteiger partial charge in [-0.3, -0.25) is 4.79 Å². The van der Waals surface area contributed by atoms with Crippen LogP contribution in [0, 0.1) is 6.92 Å². The number of rotatable bonds is 3. The number of sulfonamides is 1. The van der Waals surface area contributed by atoms with Crippen molar-refractivity contribution in [3.8, 4) is 0 Å². The van der Waals surface area contributed by atoms with Gasteiger partial charge in [-0.2, -0.15) is 4.31 Å². The van der Waals surface area contributed by atoms with Gasteiger partial charge in [0.1, 0.15) is 5.82 Å². The average molecular weight is 312 g/mol. The Bertz CT molecular complexity index is 637. The number of anilines is 1. The molecule has 2 rings (SSSR count). The van der Waals surface area contributed by atoms with Crippen LogP contribution in [0.2, 0.25) is 0 Å². The molecule has 7 nitrogen and oxygen atoms in total. The van der Waals surface area contributed by atoms with E-state index in [0.717, 1.165) is 5.69 Å². The van der Waals surface area contributed by atoms with Crippen molar-refractivity contribution in [2.75, 3.05) is 44.8 Å². The molecule has 1 aliphatic rings. The van der Waals surface area contributed by atoms with E-state index < -0.39 is 10.0 Å². The molecule has 0 radical (unpaired) electrons.